The number of hydrogen-bond acceptors (Lipinski definition) is 3. The van der Waals surface area contributed by atoms with Crippen LogP contribution in [0.4, 0.5) is 0 Å². The van der Waals surface area contributed by atoms with E-state index in [4.69, 9.17) is 15.6 Å². The smallest absolute Gasteiger partial charge is 0.351 e. The molecule has 0 aliphatic heterocycles. The molecular weight excluding hydrogens is 146 g/mol. The lowest BCUT2D eigenvalue weighted by molar-refractivity contribution is -0.132. The second-order valence-electron chi connectivity index (χ2n) is 2.24. The summed E-state index contributed by atoms with van der Waals surface area (Å²) in [5.74, 6) is -1.07. The zero-order valence-electron chi connectivity index (χ0n) is 6.76. The number of rotatable bonds is 4. The van der Waals surface area contributed by atoms with Gasteiger partial charge >= 0.3 is 5.97 Å². The van der Waals surface area contributed by atoms with Gasteiger partial charge in [0.05, 0.1) is 0 Å². The minimum Gasteiger partial charge on any atom is -0.477 e. The highest BCUT2D eigenvalue weighted by Crippen LogP contribution is 2.03. The standard InChI is InChI=1S/C7H13NO3/c1-5(3-4-11-2)6(8)7(9)10/h3-4,8H2,1-2H3,(H,9,10)/b6-5+. The molecule has 0 saturated carbocycles. The Morgan fingerprint density at radius 2 is 2.18 bits per heavy atom. The van der Waals surface area contributed by atoms with Gasteiger partial charge in [-0.25, -0.2) is 4.79 Å². The van der Waals surface area contributed by atoms with Crippen molar-refractivity contribution in [2.75, 3.05) is 13.7 Å². The van der Waals surface area contributed by atoms with Crippen LogP contribution in [-0.2, 0) is 9.53 Å². The molecule has 4 heteroatoms. The largest absolute Gasteiger partial charge is 0.477 e. The predicted octanol–water partition coefficient (Wildman–Crippen LogP) is 0.340. The normalized spacial score (nSPS) is 12.5. The van der Waals surface area contributed by atoms with Gasteiger partial charge in [0, 0.05) is 13.7 Å². The van der Waals surface area contributed by atoms with Crippen LogP contribution in [-0.4, -0.2) is 24.8 Å². The third-order valence-corrected chi connectivity index (χ3v) is 1.37. The highest BCUT2D eigenvalue weighted by molar-refractivity contribution is 5.86. The van der Waals surface area contributed by atoms with Crippen molar-refractivity contribution in [3.63, 3.8) is 0 Å². The lowest BCUT2D eigenvalue weighted by Crippen LogP contribution is -2.13. The van der Waals surface area contributed by atoms with E-state index in [0.29, 0.717) is 18.6 Å². The van der Waals surface area contributed by atoms with Crippen molar-refractivity contribution in [3.05, 3.63) is 11.3 Å². The SMILES string of the molecule is COCC/C(C)=C(/N)C(=O)O. The maximum atomic E-state index is 10.3. The molecule has 0 atom stereocenters. The molecule has 0 bridgehead atoms. The molecule has 0 rings (SSSR count). The van der Waals surface area contributed by atoms with E-state index in [1.165, 1.54) is 0 Å². The number of carbonyl (C=O) groups is 1. The van der Waals surface area contributed by atoms with Crippen molar-refractivity contribution in [1.82, 2.24) is 0 Å². The van der Waals surface area contributed by atoms with Gasteiger partial charge in [0.2, 0.25) is 0 Å². The van der Waals surface area contributed by atoms with Crippen LogP contribution in [0.25, 0.3) is 0 Å². The van der Waals surface area contributed by atoms with Crippen LogP contribution in [0.3, 0.4) is 0 Å². The molecule has 0 spiro atoms. The third-order valence-electron chi connectivity index (χ3n) is 1.37. The van der Waals surface area contributed by atoms with Crippen molar-refractivity contribution in [2.45, 2.75) is 13.3 Å². The number of hydrogen-bond donors (Lipinski definition) is 2. The summed E-state index contributed by atoms with van der Waals surface area (Å²) in [6, 6.07) is 0. The van der Waals surface area contributed by atoms with E-state index >= 15 is 0 Å². The summed E-state index contributed by atoms with van der Waals surface area (Å²) < 4.78 is 4.76. The molecule has 0 amide bonds. The predicted molar refractivity (Wildman–Crippen MR) is 41.0 cm³/mol. The van der Waals surface area contributed by atoms with Crippen LogP contribution in [0.2, 0.25) is 0 Å². The molecule has 0 heterocycles. The molecule has 0 aromatic rings. The van der Waals surface area contributed by atoms with Crippen molar-refractivity contribution >= 4 is 5.97 Å². The number of carboxylic acids is 1. The number of aliphatic carboxylic acids is 1. The van der Waals surface area contributed by atoms with Gasteiger partial charge in [-0.3, -0.25) is 0 Å². The Balaban J connectivity index is 4.05. The van der Waals surface area contributed by atoms with Crippen LogP contribution in [0, 0.1) is 0 Å². The summed E-state index contributed by atoms with van der Waals surface area (Å²) >= 11 is 0. The number of ether oxygens (including phenoxy) is 1. The summed E-state index contributed by atoms with van der Waals surface area (Å²) in [7, 11) is 1.56. The van der Waals surface area contributed by atoms with Crippen LogP contribution in [0.1, 0.15) is 13.3 Å². The molecule has 4 nitrogen and oxygen atoms in total. The molecular formula is C7H13NO3. The number of methoxy groups -OCH3 is 1. The third kappa shape index (κ3) is 3.62. The summed E-state index contributed by atoms with van der Waals surface area (Å²) in [5.41, 5.74) is 5.80. The van der Waals surface area contributed by atoms with E-state index in [0.717, 1.165) is 0 Å². The topological polar surface area (TPSA) is 72.5 Å². The summed E-state index contributed by atoms with van der Waals surface area (Å²) in [5, 5.41) is 8.43. The van der Waals surface area contributed by atoms with E-state index in [-0.39, 0.29) is 5.70 Å². The van der Waals surface area contributed by atoms with Crippen molar-refractivity contribution in [1.29, 1.82) is 0 Å². The van der Waals surface area contributed by atoms with Gasteiger partial charge in [-0.15, -0.1) is 0 Å². The average molecular weight is 159 g/mol. The van der Waals surface area contributed by atoms with E-state index in [1.54, 1.807) is 14.0 Å². The van der Waals surface area contributed by atoms with Gasteiger partial charge in [0.25, 0.3) is 0 Å². The molecule has 0 aliphatic rings. The molecule has 0 saturated heterocycles. The fourth-order valence-electron chi connectivity index (χ4n) is 0.572. The van der Waals surface area contributed by atoms with Crippen LogP contribution in [0.5, 0.6) is 0 Å². The maximum absolute atomic E-state index is 10.3. The Hall–Kier alpha value is -1.03. The van der Waals surface area contributed by atoms with Gasteiger partial charge in [-0.2, -0.15) is 0 Å². The van der Waals surface area contributed by atoms with E-state index in [2.05, 4.69) is 0 Å². The molecule has 3 N–H and O–H groups in total. The Morgan fingerprint density at radius 3 is 2.55 bits per heavy atom. The highest BCUT2D eigenvalue weighted by atomic mass is 16.5. The first-order valence-corrected chi connectivity index (χ1v) is 3.27. The van der Waals surface area contributed by atoms with Gasteiger partial charge in [0.15, 0.2) is 0 Å². The first-order chi connectivity index (χ1) is 5.09. The lowest BCUT2D eigenvalue weighted by atomic mass is 10.2. The van der Waals surface area contributed by atoms with Gasteiger partial charge in [0.1, 0.15) is 5.70 Å². The zero-order valence-corrected chi connectivity index (χ0v) is 6.76. The van der Waals surface area contributed by atoms with Gasteiger partial charge in [-0.1, -0.05) is 0 Å². The monoisotopic (exact) mass is 159 g/mol. The van der Waals surface area contributed by atoms with Gasteiger partial charge < -0.3 is 15.6 Å². The first-order valence-electron chi connectivity index (χ1n) is 3.27. The summed E-state index contributed by atoms with van der Waals surface area (Å²) in [6.07, 6.45) is 0.564. The van der Waals surface area contributed by atoms with Crippen LogP contribution >= 0.6 is 0 Å². The lowest BCUT2D eigenvalue weighted by Gasteiger charge is -2.01. The Labute approximate surface area is 65.6 Å². The van der Waals surface area contributed by atoms with Crippen molar-refractivity contribution in [2.24, 2.45) is 5.73 Å². The van der Waals surface area contributed by atoms with Crippen molar-refractivity contribution < 1.29 is 14.6 Å². The van der Waals surface area contributed by atoms with Crippen molar-refractivity contribution in [3.8, 4) is 0 Å². The Bertz CT molecular complexity index is 175. The van der Waals surface area contributed by atoms with Gasteiger partial charge in [-0.05, 0) is 18.9 Å². The fraction of sp³-hybridized carbons (Fsp3) is 0.571. The molecule has 0 aromatic heterocycles. The minimum atomic E-state index is -1.07. The second kappa shape index (κ2) is 4.73. The van der Waals surface area contributed by atoms with Crippen LogP contribution < -0.4 is 5.73 Å². The molecule has 0 aromatic carbocycles. The minimum absolute atomic E-state index is 0.0814. The summed E-state index contributed by atoms with van der Waals surface area (Å²) in [6.45, 7) is 2.18. The Kier molecular flexibility index (Phi) is 4.29. The number of nitrogens with two attached hydrogens (primary N) is 1. The molecule has 0 unspecified atom stereocenters. The summed E-state index contributed by atoms with van der Waals surface area (Å²) in [4.78, 5) is 10.3. The van der Waals surface area contributed by atoms with E-state index < -0.39 is 5.97 Å². The molecule has 11 heavy (non-hydrogen) atoms. The molecule has 0 radical (unpaired) electrons. The zero-order chi connectivity index (χ0) is 8.85. The highest BCUT2D eigenvalue weighted by Gasteiger charge is 2.04. The second-order valence-corrected chi connectivity index (χ2v) is 2.24. The van der Waals surface area contributed by atoms with E-state index in [9.17, 15) is 4.79 Å². The fourth-order valence-corrected chi connectivity index (χ4v) is 0.572. The van der Waals surface area contributed by atoms with E-state index in [1.807, 2.05) is 0 Å². The molecule has 0 aliphatic carbocycles. The Morgan fingerprint density at radius 1 is 1.64 bits per heavy atom. The molecule has 0 fully saturated rings. The van der Waals surface area contributed by atoms with Crippen LogP contribution in [0.15, 0.2) is 11.3 Å². The quantitative estimate of drug-likeness (QED) is 0.580. The number of carboxylic acid groups (broad SMARTS) is 1. The maximum Gasteiger partial charge on any atom is 0.351 e. The average Bonchev–Trinajstić information content (AvgIpc) is 1.98. The molecule has 64 valence electrons. The first kappa shape index (κ1) is 9.97.